The number of hydroxylamine groups is 1. The topological polar surface area (TPSA) is 97.7 Å². The molecule has 7 nitrogen and oxygen atoms in total. The molecule has 2 unspecified atom stereocenters. The normalized spacial score (nSPS) is 19.7. The van der Waals surface area contributed by atoms with Crippen LogP contribution >= 0.6 is 23.2 Å². The second-order valence-electron chi connectivity index (χ2n) is 6.65. The van der Waals surface area contributed by atoms with E-state index in [1.54, 1.807) is 0 Å². The lowest BCUT2D eigenvalue weighted by molar-refractivity contribution is -0.204. The molecule has 1 aliphatic heterocycles. The van der Waals surface area contributed by atoms with E-state index in [1.807, 2.05) is 0 Å². The summed E-state index contributed by atoms with van der Waals surface area (Å²) in [6.07, 6.45) is -12.5. The highest BCUT2D eigenvalue weighted by molar-refractivity contribution is 6.39. The van der Waals surface area contributed by atoms with Gasteiger partial charge in [-0.15, -0.1) is 0 Å². The fourth-order valence-corrected chi connectivity index (χ4v) is 3.58. The number of carbonyl (C=O) groups is 1. The summed E-state index contributed by atoms with van der Waals surface area (Å²) in [5, 5.41) is -0.445. The highest BCUT2D eigenvalue weighted by Crippen LogP contribution is 2.42. The Balaban J connectivity index is 2.14. The van der Waals surface area contributed by atoms with Gasteiger partial charge in [0.2, 0.25) is 0 Å². The molecule has 0 bridgehead atoms. The summed E-state index contributed by atoms with van der Waals surface area (Å²) in [6.45, 7) is 0. The van der Waals surface area contributed by atoms with Gasteiger partial charge in [-0.3, -0.25) is 10.6 Å². The molecule has 1 aliphatic rings. The molecule has 1 aromatic heterocycles. The van der Waals surface area contributed by atoms with Gasteiger partial charge in [0, 0.05) is 11.1 Å². The van der Waals surface area contributed by atoms with Crippen molar-refractivity contribution in [2.45, 2.75) is 24.8 Å². The van der Waals surface area contributed by atoms with E-state index in [1.165, 1.54) is 24.1 Å². The van der Waals surface area contributed by atoms with Crippen molar-refractivity contribution < 1.29 is 36.0 Å². The van der Waals surface area contributed by atoms with Gasteiger partial charge >= 0.3 is 18.3 Å². The molecule has 32 heavy (non-hydrogen) atoms. The Morgan fingerprint density at radius 3 is 2.16 bits per heavy atom. The van der Waals surface area contributed by atoms with E-state index in [2.05, 4.69) is 9.82 Å². The largest absolute Gasteiger partial charge is 0.493 e. The van der Waals surface area contributed by atoms with Crippen LogP contribution < -0.4 is 16.5 Å². The fourth-order valence-electron chi connectivity index (χ4n) is 2.90. The lowest BCUT2D eigenvalue weighted by Crippen LogP contribution is -2.60. The van der Waals surface area contributed by atoms with E-state index in [4.69, 9.17) is 34.7 Å². The maximum Gasteiger partial charge on any atom is 0.493 e. The maximum absolute atomic E-state index is 13.0. The number of hydrogen-bond acceptors (Lipinski definition) is 7. The lowest BCUT2D eigenvalue weighted by Gasteiger charge is -2.42. The summed E-state index contributed by atoms with van der Waals surface area (Å²) < 4.78 is 77.2. The first-order valence-electron chi connectivity index (χ1n) is 8.52. The number of nitrogens with two attached hydrogens (primary N) is 2. The lowest BCUT2D eigenvalue weighted by atomic mass is 10.0. The first kappa shape index (κ1) is 24.3. The number of benzene rings is 1. The summed E-state index contributed by atoms with van der Waals surface area (Å²) in [5.41, 5.74) is 10.6. The summed E-state index contributed by atoms with van der Waals surface area (Å²) in [6, 6.07) is 3.87. The Bertz CT molecular complexity index is 1040. The number of carbonyl (C=O) groups excluding carboxylic acids is 1. The number of anilines is 1. The average Bonchev–Trinajstić information content (AvgIpc) is 2.67. The van der Waals surface area contributed by atoms with Crippen molar-refractivity contribution in [3.63, 3.8) is 0 Å². The van der Waals surface area contributed by atoms with E-state index in [0.717, 1.165) is 0 Å². The summed E-state index contributed by atoms with van der Waals surface area (Å²) in [7, 11) is 1.37. The van der Waals surface area contributed by atoms with Crippen LogP contribution in [-0.2, 0) is 15.8 Å². The van der Waals surface area contributed by atoms with Gasteiger partial charge in [0.1, 0.15) is 0 Å². The molecular formula is C17H13Cl2F6N5O2. The summed E-state index contributed by atoms with van der Waals surface area (Å²) >= 11 is 12.0. The van der Waals surface area contributed by atoms with Gasteiger partial charge in [-0.25, -0.2) is 9.78 Å². The number of nitrogens with zero attached hydrogens (tertiary/aromatic N) is 3. The molecule has 174 valence electrons. The van der Waals surface area contributed by atoms with Gasteiger partial charge in [-0.1, -0.05) is 29.3 Å². The third kappa shape index (κ3) is 4.43. The van der Waals surface area contributed by atoms with Gasteiger partial charge in [0.15, 0.2) is 12.1 Å². The van der Waals surface area contributed by atoms with E-state index in [-0.39, 0.29) is 22.6 Å². The van der Waals surface area contributed by atoms with Crippen molar-refractivity contribution in [1.82, 2.24) is 9.88 Å². The highest BCUT2D eigenvalue weighted by Gasteiger charge is 2.46. The minimum absolute atomic E-state index is 0.118. The molecule has 0 amide bonds. The standard InChI is InChI=1S/C17H13Cl2F6N5O2/c1-29-12(26)7-2-3-10(11-8(18)4-6(5-9(11)19)16(20,21)22)28-13(7)30(15(29)27)32-14(31)17(23,24)25/h2-5,12,15H,26-27H2,1H3. The average molecular weight is 504 g/mol. The molecule has 0 aliphatic carbocycles. The molecule has 0 saturated carbocycles. The molecule has 3 rings (SSSR count). The fraction of sp³-hybridized carbons (Fsp3) is 0.294. The highest BCUT2D eigenvalue weighted by atomic mass is 35.5. The third-order valence-electron chi connectivity index (χ3n) is 4.57. The molecule has 0 saturated heterocycles. The SMILES string of the molecule is CN1C(N)c2ccc(-c3c(Cl)cc(C(F)(F)F)cc3Cl)nc2N(OC(=O)C(F)(F)F)C1N. The van der Waals surface area contributed by atoms with E-state index in [9.17, 15) is 31.1 Å². The Kier molecular flexibility index (Phi) is 6.25. The molecule has 4 N–H and O–H groups in total. The van der Waals surface area contributed by atoms with Crippen LogP contribution in [0.3, 0.4) is 0 Å². The van der Waals surface area contributed by atoms with Crippen LogP contribution in [0.25, 0.3) is 11.3 Å². The molecular weight excluding hydrogens is 491 g/mol. The Hall–Kier alpha value is -2.32. The van der Waals surface area contributed by atoms with Crippen molar-refractivity contribution in [3.8, 4) is 11.3 Å². The van der Waals surface area contributed by atoms with Crippen molar-refractivity contribution in [2.75, 3.05) is 12.1 Å². The van der Waals surface area contributed by atoms with E-state index in [0.29, 0.717) is 17.2 Å². The number of aromatic nitrogens is 1. The first-order valence-corrected chi connectivity index (χ1v) is 9.27. The number of pyridine rings is 1. The predicted molar refractivity (Wildman–Crippen MR) is 102 cm³/mol. The summed E-state index contributed by atoms with van der Waals surface area (Å²) in [5.74, 6) is -2.94. The van der Waals surface area contributed by atoms with Gasteiger partial charge in [0.05, 0.1) is 27.5 Å². The Labute approximate surface area is 186 Å². The minimum Gasteiger partial charge on any atom is -0.328 e. The predicted octanol–water partition coefficient (Wildman–Crippen LogP) is 4.05. The zero-order chi connectivity index (χ0) is 24.2. The Morgan fingerprint density at radius 2 is 1.66 bits per heavy atom. The van der Waals surface area contributed by atoms with Crippen LogP contribution in [0.15, 0.2) is 24.3 Å². The Morgan fingerprint density at radius 1 is 1.09 bits per heavy atom. The van der Waals surface area contributed by atoms with Crippen LogP contribution in [0.5, 0.6) is 0 Å². The van der Waals surface area contributed by atoms with Crippen molar-refractivity contribution in [2.24, 2.45) is 11.5 Å². The molecule has 0 fully saturated rings. The van der Waals surface area contributed by atoms with E-state index >= 15 is 0 Å². The number of rotatable bonds is 2. The molecule has 1 aromatic carbocycles. The second kappa shape index (κ2) is 8.23. The van der Waals surface area contributed by atoms with Gasteiger partial charge in [-0.2, -0.15) is 31.4 Å². The van der Waals surface area contributed by atoms with Crippen molar-refractivity contribution in [1.29, 1.82) is 0 Å². The molecule has 0 radical (unpaired) electrons. The molecule has 15 heteroatoms. The maximum atomic E-state index is 13.0. The zero-order valence-corrected chi connectivity index (χ0v) is 17.3. The van der Waals surface area contributed by atoms with Gasteiger partial charge in [0.25, 0.3) is 0 Å². The first-order chi connectivity index (χ1) is 14.6. The smallest absolute Gasteiger partial charge is 0.328 e. The number of halogens is 8. The van der Waals surface area contributed by atoms with Crippen LogP contribution in [0.4, 0.5) is 32.2 Å². The molecule has 0 spiro atoms. The molecule has 2 aromatic rings. The molecule has 2 atom stereocenters. The van der Waals surface area contributed by atoms with Gasteiger partial charge in [-0.05, 0) is 25.2 Å². The monoisotopic (exact) mass is 503 g/mol. The number of hydrogen-bond donors (Lipinski definition) is 2. The van der Waals surface area contributed by atoms with Crippen LogP contribution in [0.2, 0.25) is 10.0 Å². The zero-order valence-electron chi connectivity index (χ0n) is 15.8. The van der Waals surface area contributed by atoms with Crippen molar-refractivity contribution >= 4 is 35.0 Å². The second-order valence-corrected chi connectivity index (χ2v) is 7.46. The van der Waals surface area contributed by atoms with Crippen LogP contribution in [0, 0.1) is 0 Å². The number of fused-ring (bicyclic) bond motifs is 1. The number of alkyl halides is 6. The minimum atomic E-state index is -5.34. The van der Waals surface area contributed by atoms with Crippen molar-refractivity contribution in [3.05, 3.63) is 45.4 Å². The summed E-state index contributed by atoms with van der Waals surface area (Å²) in [4.78, 5) is 21.1. The molecule has 2 heterocycles. The van der Waals surface area contributed by atoms with Gasteiger partial charge < -0.3 is 10.6 Å². The van der Waals surface area contributed by atoms with Crippen LogP contribution in [-0.4, -0.2) is 35.4 Å². The van der Waals surface area contributed by atoms with E-state index < -0.39 is 46.4 Å². The van der Waals surface area contributed by atoms with Crippen LogP contribution in [0.1, 0.15) is 17.3 Å². The third-order valence-corrected chi connectivity index (χ3v) is 5.16. The quantitative estimate of drug-likeness (QED) is 0.596.